The molecule has 3 heterocycles. The molecule has 1 fully saturated rings. The number of amides is 1. The van der Waals surface area contributed by atoms with Crippen molar-refractivity contribution in [2.75, 3.05) is 32.1 Å². The number of aryl methyl sites for hydroxylation is 2. The Kier molecular flexibility index (Phi) is 5.88. The lowest BCUT2D eigenvalue weighted by atomic mass is 10.1. The fourth-order valence-corrected chi connectivity index (χ4v) is 3.58. The number of aromatic nitrogens is 4. The Labute approximate surface area is 166 Å². The third-order valence-electron chi connectivity index (χ3n) is 5.26. The van der Waals surface area contributed by atoms with Crippen molar-refractivity contribution in [1.29, 1.82) is 0 Å². The van der Waals surface area contributed by atoms with Crippen LogP contribution >= 0.6 is 0 Å². The molecule has 2 atom stereocenters. The highest BCUT2D eigenvalue weighted by Gasteiger charge is 2.28. The second-order valence-corrected chi connectivity index (χ2v) is 7.63. The Morgan fingerprint density at radius 2 is 1.89 bits per heavy atom. The van der Waals surface area contributed by atoms with Crippen molar-refractivity contribution in [3.05, 3.63) is 40.9 Å². The van der Waals surface area contributed by atoms with Gasteiger partial charge in [0.1, 0.15) is 5.82 Å². The zero-order chi connectivity index (χ0) is 20.4. The summed E-state index contributed by atoms with van der Waals surface area (Å²) < 4.78 is 0. The molecule has 0 radical (unpaired) electrons. The molecule has 150 valence electrons. The first kappa shape index (κ1) is 20.1. The summed E-state index contributed by atoms with van der Waals surface area (Å²) in [6, 6.07) is 0.442. The molecule has 28 heavy (non-hydrogen) atoms. The van der Waals surface area contributed by atoms with E-state index in [0.717, 1.165) is 48.0 Å². The lowest BCUT2D eigenvalue weighted by Crippen LogP contribution is -2.35. The SMILES string of the molecule is Cc1nccnc1C(C)N[C@@H]1CCN(c2nc(C(=O)N(C)C)nc(C)c2C)C1. The standard InChI is InChI=1S/C20H29N7O/c1-12-13(2)24-18(20(28)26(5)6)25-19(12)27-10-7-16(11-27)23-15(4)17-14(3)21-8-9-22-17/h8-9,15-16,23H,7,10-11H2,1-6H3/t15?,16-/m1/s1. The summed E-state index contributed by atoms with van der Waals surface area (Å²) in [5.74, 6) is 0.929. The highest BCUT2D eigenvalue weighted by atomic mass is 16.2. The topological polar surface area (TPSA) is 87.1 Å². The molecule has 1 amide bonds. The number of carbonyl (C=O) groups excluding carboxylic acids is 1. The summed E-state index contributed by atoms with van der Waals surface area (Å²) in [6.07, 6.45) is 4.45. The Hall–Kier alpha value is -2.61. The molecule has 2 aromatic heterocycles. The van der Waals surface area contributed by atoms with Gasteiger partial charge >= 0.3 is 0 Å². The minimum absolute atomic E-state index is 0.123. The van der Waals surface area contributed by atoms with Crippen LogP contribution in [0.3, 0.4) is 0 Å². The lowest BCUT2D eigenvalue weighted by Gasteiger charge is -2.23. The van der Waals surface area contributed by atoms with Gasteiger partial charge in [0, 0.05) is 62.9 Å². The highest BCUT2D eigenvalue weighted by Crippen LogP contribution is 2.25. The Morgan fingerprint density at radius 3 is 2.57 bits per heavy atom. The summed E-state index contributed by atoms with van der Waals surface area (Å²) in [6.45, 7) is 9.76. The van der Waals surface area contributed by atoms with Crippen LogP contribution < -0.4 is 10.2 Å². The second kappa shape index (κ2) is 8.18. The summed E-state index contributed by atoms with van der Waals surface area (Å²) >= 11 is 0. The van der Waals surface area contributed by atoms with E-state index in [-0.39, 0.29) is 17.8 Å². The maximum absolute atomic E-state index is 12.3. The summed E-state index contributed by atoms with van der Waals surface area (Å²) in [5, 5.41) is 3.66. The number of rotatable bonds is 5. The fraction of sp³-hybridized carbons (Fsp3) is 0.550. The first-order chi connectivity index (χ1) is 13.3. The predicted molar refractivity (Wildman–Crippen MR) is 108 cm³/mol. The molecule has 1 saturated heterocycles. The lowest BCUT2D eigenvalue weighted by molar-refractivity contribution is 0.0815. The van der Waals surface area contributed by atoms with Crippen molar-refractivity contribution in [3.8, 4) is 0 Å². The van der Waals surface area contributed by atoms with E-state index in [1.54, 1.807) is 26.5 Å². The van der Waals surface area contributed by atoms with E-state index in [9.17, 15) is 4.79 Å². The average molecular weight is 384 g/mol. The normalized spacial score (nSPS) is 17.6. The zero-order valence-electron chi connectivity index (χ0n) is 17.5. The molecule has 2 aromatic rings. The van der Waals surface area contributed by atoms with Crippen LogP contribution in [0, 0.1) is 20.8 Å². The van der Waals surface area contributed by atoms with Crippen LogP contribution in [-0.2, 0) is 0 Å². The van der Waals surface area contributed by atoms with E-state index in [1.165, 1.54) is 4.90 Å². The third-order valence-corrected chi connectivity index (χ3v) is 5.26. The summed E-state index contributed by atoms with van der Waals surface area (Å²) in [7, 11) is 3.43. The molecule has 8 nitrogen and oxygen atoms in total. The van der Waals surface area contributed by atoms with E-state index in [1.807, 2.05) is 20.8 Å². The van der Waals surface area contributed by atoms with Crippen LogP contribution in [0.5, 0.6) is 0 Å². The molecular weight excluding hydrogens is 354 g/mol. The predicted octanol–water partition coefficient (Wildman–Crippen LogP) is 1.82. The van der Waals surface area contributed by atoms with Crippen LogP contribution in [0.4, 0.5) is 5.82 Å². The first-order valence-corrected chi connectivity index (χ1v) is 9.63. The molecule has 0 spiro atoms. The number of anilines is 1. The molecule has 0 saturated carbocycles. The number of nitrogens with zero attached hydrogens (tertiary/aromatic N) is 6. The maximum Gasteiger partial charge on any atom is 0.291 e. The van der Waals surface area contributed by atoms with E-state index in [0.29, 0.717) is 6.04 Å². The van der Waals surface area contributed by atoms with E-state index in [4.69, 9.17) is 0 Å². The van der Waals surface area contributed by atoms with Crippen molar-refractivity contribution >= 4 is 11.7 Å². The van der Waals surface area contributed by atoms with Crippen LogP contribution in [0.1, 0.15) is 52.7 Å². The number of hydrogen-bond acceptors (Lipinski definition) is 7. The molecular formula is C20H29N7O. The fourth-order valence-electron chi connectivity index (χ4n) is 3.58. The molecule has 0 aromatic carbocycles. The van der Waals surface area contributed by atoms with Gasteiger partial charge in [0.2, 0.25) is 5.82 Å². The van der Waals surface area contributed by atoms with Crippen LogP contribution in [0.15, 0.2) is 12.4 Å². The third kappa shape index (κ3) is 4.11. The maximum atomic E-state index is 12.3. The van der Waals surface area contributed by atoms with Gasteiger partial charge in [0.15, 0.2) is 0 Å². The van der Waals surface area contributed by atoms with E-state index in [2.05, 4.69) is 37.1 Å². The minimum atomic E-state index is -0.176. The van der Waals surface area contributed by atoms with Gasteiger partial charge in [0.05, 0.1) is 11.4 Å². The number of carbonyl (C=O) groups is 1. The van der Waals surface area contributed by atoms with Gasteiger partial charge in [-0.05, 0) is 34.1 Å². The summed E-state index contributed by atoms with van der Waals surface area (Å²) in [4.78, 5) is 33.9. The molecule has 3 rings (SSSR count). The van der Waals surface area contributed by atoms with Crippen LogP contribution in [0.2, 0.25) is 0 Å². The smallest absolute Gasteiger partial charge is 0.291 e. The Balaban J connectivity index is 1.75. The van der Waals surface area contributed by atoms with Crippen LogP contribution in [0.25, 0.3) is 0 Å². The van der Waals surface area contributed by atoms with Crippen molar-refractivity contribution < 1.29 is 4.79 Å². The quantitative estimate of drug-likeness (QED) is 0.843. The van der Waals surface area contributed by atoms with Gasteiger partial charge in [-0.3, -0.25) is 14.8 Å². The van der Waals surface area contributed by atoms with Gasteiger partial charge in [0.25, 0.3) is 5.91 Å². The highest BCUT2D eigenvalue weighted by molar-refractivity contribution is 5.90. The average Bonchev–Trinajstić information content (AvgIpc) is 3.11. The van der Waals surface area contributed by atoms with Gasteiger partial charge in [-0.1, -0.05) is 0 Å². The minimum Gasteiger partial charge on any atom is -0.355 e. The molecule has 0 aliphatic carbocycles. The molecule has 1 aliphatic rings. The number of nitrogens with one attached hydrogen (secondary N) is 1. The Bertz CT molecular complexity index is 868. The van der Waals surface area contributed by atoms with E-state index >= 15 is 0 Å². The van der Waals surface area contributed by atoms with Gasteiger partial charge in [-0.15, -0.1) is 0 Å². The largest absolute Gasteiger partial charge is 0.355 e. The zero-order valence-corrected chi connectivity index (χ0v) is 17.5. The van der Waals surface area contributed by atoms with Crippen molar-refractivity contribution in [2.24, 2.45) is 0 Å². The van der Waals surface area contributed by atoms with Crippen LogP contribution in [-0.4, -0.2) is 64.0 Å². The molecule has 1 N–H and O–H groups in total. The summed E-state index contributed by atoms with van der Waals surface area (Å²) in [5.41, 5.74) is 3.80. The van der Waals surface area contributed by atoms with Crippen molar-refractivity contribution in [1.82, 2.24) is 30.2 Å². The van der Waals surface area contributed by atoms with Crippen molar-refractivity contribution in [3.63, 3.8) is 0 Å². The van der Waals surface area contributed by atoms with Gasteiger partial charge in [-0.2, -0.15) is 0 Å². The molecule has 1 aliphatic heterocycles. The van der Waals surface area contributed by atoms with Crippen molar-refractivity contribution in [2.45, 2.75) is 46.2 Å². The van der Waals surface area contributed by atoms with E-state index < -0.39 is 0 Å². The number of hydrogen-bond donors (Lipinski definition) is 1. The second-order valence-electron chi connectivity index (χ2n) is 7.63. The Morgan fingerprint density at radius 1 is 1.18 bits per heavy atom. The monoisotopic (exact) mass is 383 g/mol. The van der Waals surface area contributed by atoms with Gasteiger partial charge in [-0.25, -0.2) is 9.97 Å². The molecule has 0 bridgehead atoms. The molecule has 1 unspecified atom stereocenters. The molecule has 8 heteroatoms. The first-order valence-electron chi connectivity index (χ1n) is 9.63. The van der Waals surface area contributed by atoms with Gasteiger partial charge < -0.3 is 15.1 Å².